The average Bonchev–Trinajstić information content (AvgIpc) is 2.18. The fourth-order valence-electron chi connectivity index (χ4n) is 1.28. The number of rotatable bonds is 2. The second kappa shape index (κ2) is 2.82. The van der Waals surface area contributed by atoms with E-state index in [1.165, 1.54) is 0 Å². The molecule has 0 aliphatic heterocycles. The van der Waals surface area contributed by atoms with E-state index in [4.69, 9.17) is 5.73 Å². The van der Waals surface area contributed by atoms with Crippen molar-refractivity contribution in [2.75, 3.05) is 0 Å². The summed E-state index contributed by atoms with van der Waals surface area (Å²) < 4.78 is 0. The molecule has 2 unspecified atom stereocenters. The highest BCUT2D eigenvalue weighted by Gasteiger charge is 2.22. The van der Waals surface area contributed by atoms with Gasteiger partial charge in [-0.1, -0.05) is 0 Å². The first kappa shape index (κ1) is 6.55. The fraction of sp³-hybridized carbons (Fsp3) is 0.833. The quantitative estimate of drug-likeness (QED) is 0.498. The van der Waals surface area contributed by atoms with E-state index >= 15 is 0 Å². The Bertz CT molecular complexity index is 105. The van der Waals surface area contributed by atoms with Crippen molar-refractivity contribution in [2.45, 2.75) is 31.3 Å². The van der Waals surface area contributed by atoms with E-state index < -0.39 is 0 Å². The third-order valence-corrected chi connectivity index (χ3v) is 1.85. The molecule has 1 rings (SSSR count). The molecule has 0 bridgehead atoms. The van der Waals surface area contributed by atoms with Crippen LogP contribution in [0.25, 0.3) is 0 Å². The van der Waals surface area contributed by atoms with Crippen LogP contribution in [-0.4, -0.2) is 18.5 Å². The minimum absolute atomic E-state index is 0.190. The lowest BCUT2D eigenvalue weighted by Crippen LogP contribution is -2.39. The number of amides is 1. The van der Waals surface area contributed by atoms with Crippen LogP contribution in [0.1, 0.15) is 19.3 Å². The van der Waals surface area contributed by atoms with Gasteiger partial charge in [0.05, 0.1) is 0 Å². The molecule has 3 heteroatoms. The first-order valence-corrected chi connectivity index (χ1v) is 3.30. The Labute approximate surface area is 54.6 Å². The summed E-state index contributed by atoms with van der Waals surface area (Å²) in [5.41, 5.74) is 5.64. The Hall–Kier alpha value is -0.570. The SMILES string of the molecule is NC1CCCC1NC=O. The third kappa shape index (κ3) is 1.42. The first-order chi connectivity index (χ1) is 4.34. The lowest BCUT2D eigenvalue weighted by atomic mass is 10.2. The molecule has 52 valence electrons. The zero-order chi connectivity index (χ0) is 6.69. The first-order valence-electron chi connectivity index (χ1n) is 3.30. The van der Waals surface area contributed by atoms with Crippen LogP contribution < -0.4 is 11.1 Å². The smallest absolute Gasteiger partial charge is 0.207 e. The second-order valence-corrected chi connectivity index (χ2v) is 2.49. The molecule has 0 spiro atoms. The van der Waals surface area contributed by atoms with Crippen molar-refractivity contribution in [3.8, 4) is 0 Å². The molecule has 0 heterocycles. The van der Waals surface area contributed by atoms with Gasteiger partial charge in [0.15, 0.2) is 0 Å². The molecule has 0 radical (unpaired) electrons. The van der Waals surface area contributed by atoms with Gasteiger partial charge in [-0.05, 0) is 19.3 Å². The maximum absolute atomic E-state index is 9.94. The summed E-state index contributed by atoms with van der Waals surface area (Å²) >= 11 is 0. The predicted octanol–water partition coefficient (Wildman–Crippen LogP) is -0.388. The molecule has 0 aromatic carbocycles. The summed E-state index contributed by atoms with van der Waals surface area (Å²) in [6.07, 6.45) is 3.97. The fourth-order valence-corrected chi connectivity index (χ4v) is 1.28. The van der Waals surface area contributed by atoms with Crippen LogP contribution in [-0.2, 0) is 4.79 Å². The van der Waals surface area contributed by atoms with Gasteiger partial charge in [-0.2, -0.15) is 0 Å². The van der Waals surface area contributed by atoms with Crippen molar-refractivity contribution in [1.29, 1.82) is 0 Å². The van der Waals surface area contributed by atoms with E-state index in [9.17, 15) is 4.79 Å². The van der Waals surface area contributed by atoms with Gasteiger partial charge in [-0.15, -0.1) is 0 Å². The van der Waals surface area contributed by atoms with Gasteiger partial charge in [0, 0.05) is 12.1 Å². The molecule has 0 aromatic heterocycles. The van der Waals surface area contributed by atoms with Crippen molar-refractivity contribution in [3.05, 3.63) is 0 Å². The van der Waals surface area contributed by atoms with E-state index in [0.717, 1.165) is 25.7 Å². The summed E-state index contributed by atoms with van der Waals surface area (Å²) in [7, 11) is 0. The molecule has 1 amide bonds. The number of nitrogens with two attached hydrogens (primary N) is 1. The highest BCUT2D eigenvalue weighted by Crippen LogP contribution is 2.15. The average molecular weight is 128 g/mol. The summed E-state index contributed by atoms with van der Waals surface area (Å²) in [6.45, 7) is 0. The highest BCUT2D eigenvalue weighted by atomic mass is 16.1. The molecular formula is C6H12N2O. The maximum atomic E-state index is 9.94. The Morgan fingerprint density at radius 1 is 1.56 bits per heavy atom. The Morgan fingerprint density at radius 3 is 2.78 bits per heavy atom. The van der Waals surface area contributed by atoms with Crippen LogP contribution in [0, 0.1) is 0 Å². The molecule has 3 N–H and O–H groups in total. The molecule has 9 heavy (non-hydrogen) atoms. The minimum atomic E-state index is 0.190. The van der Waals surface area contributed by atoms with Gasteiger partial charge >= 0.3 is 0 Å². The van der Waals surface area contributed by atoms with Crippen molar-refractivity contribution in [1.82, 2.24) is 5.32 Å². The minimum Gasteiger partial charge on any atom is -0.354 e. The van der Waals surface area contributed by atoms with Crippen molar-refractivity contribution in [3.63, 3.8) is 0 Å². The summed E-state index contributed by atoms with van der Waals surface area (Å²) in [5, 5.41) is 2.69. The van der Waals surface area contributed by atoms with E-state index in [2.05, 4.69) is 5.32 Å². The van der Waals surface area contributed by atoms with Crippen LogP contribution in [0.4, 0.5) is 0 Å². The Morgan fingerprint density at radius 2 is 2.33 bits per heavy atom. The molecule has 0 saturated heterocycles. The zero-order valence-corrected chi connectivity index (χ0v) is 5.34. The van der Waals surface area contributed by atoms with Gasteiger partial charge in [0.25, 0.3) is 0 Å². The molecule has 0 aromatic rings. The van der Waals surface area contributed by atoms with Crippen molar-refractivity contribution < 1.29 is 4.79 Å². The number of hydrogen-bond acceptors (Lipinski definition) is 2. The second-order valence-electron chi connectivity index (χ2n) is 2.49. The Kier molecular flexibility index (Phi) is 2.05. The lowest BCUT2D eigenvalue weighted by molar-refractivity contribution is -0.110. The van der Waals surface area contributed by atoms with E-state index in [1.807, 2.05) is 0 Å². The predicted molar refractivity (Wildman–Crippen MR) is 34.8 cm³/mol. The summed E-state index contributed by atoms with van der Waals surface area (Å²) in [6, 6.07) is 0.428. The Balaban J connectivity index is 2.30. The van der Waals surface area contributed by atoms with E-state index in [1.54, 1.807) is 0 Å². The van der Waals surface area contributed by atoms with Gasteiger partial charge in [-0.25, -0.2) is 0 Å². The van der Waals surface area contributed by atoms with Crippen LogP contribution in [0.5, 0.6) is 0 Å². The summed E-state index contributed by atoms with van der Waals surface area (Å²) in [4.78, 5) is 9.94. The van der Waals surface area contributed by atoms with Gasteiger partial charge in [0.2, 0.25) is 6.41 Å². The normalized spacial score (nSPS) is 34.3. The molecule has 1 fully saturated rings. The number of hydrogen-bond donors (Lipinski definition) is 2. The van der Waals surface area contributed by atoms with Crippen LogP contribution in [0.3, 0.4) is 0 Å². The summed E-state index contributed by atoms with van der Waals surface area (Å²) in [5.74, 6) is 0. The van der Waals surface area contributed by atoms with Crippen molar-refractivity contribution in [2.24, 2.45) is 5.73 Å². The van der Waals surface area contributed by atoms with Crippen LogP contribution in [0.15, 0.2) is 0 Å². The largest absolute Gasteiger partial charge is 0.354 e. The van der Waals surface area contributed by atoms with Gasteiger partial charge in [-0.3, -0.25) is 4.79 Å². The molecule has 3 nitrogen and oxygen atoms in total. The van der Waals surface area contributed by atoms with Gasteiger partial charge < -0.3 is 11.1 Å². The molecule has 1 saturated carbocycles. The number of carbonyl (C=O) groups is 1. The lowest BCUT2D eigenvalue weighted by Gasteiger charge is -2.12. The van der Waals surface area contributed by atoms with E-state index in [-0.39, 0.29) is 12.1 Å². The standard InChI is InChI=1S/C6H12N2O/c7-5-2-1-3-6(5)8-4-9/h4-6H,1-3,7H2,(H,8,9). The van der Waals surface area contributed by atoms with E-state index in [0.29, 0.717) is 0 Å². The van der Waals surface area contributed by atoms with Crippen LogP contribution in [0.2, 0.25) is 0 Å². The molecule has 1 aliphatic carbocycles. The number of carbonyl (C=O) groups excluding carboxylic acids is 1. The maximum Gasteiger partial charge on any atom is 0.207 e. The zero-order valence-electron chi connectivity index (χ0n) is 5.34. The van der Waals surface area contributed by atoms with Crippen LogP contribution >= 0.6 is 0 Å². The molecular weight excluding hydrogens is 116 g/mol. The monoisotopic (exact) mass is 128 g/mol. The third-order valence-electron chi connectivity index (χ3n) is 1.85. The van der Waals surface area contributed by atoms with Gasteiger partial charge in [0.1, 0.15) is 0 Å². The number of nitrogens with one attached hydrogen (secondary N) is 1. The molecule has 2 atom stereocenters. The molecule has 1 aliphatic rings. The van der Waals surface area contributed by atoms with Crippen molar-refractivity contribution >= 4 is 6.41 Å². The topological polar surface area (TPSA) is 55.1 Å². The highest BCUT2D eigenvalue weighted by molar-refractivity contribution is 5.47.